The number of anilines is 1. The van der Waals surface area contributed by atoms with Gasteiger partial charge < -0.3 is 10.1 Å². The number of carbonyl (C=O) groups excluding carboxylic acids is 1. The van der Waals surface area contributed by atoms with Crippen molar-refractivity contribution in [3.8, 4) is 0 Å². The van der Waals surface area contributed by atoms with E-state index in [4.69, 9.17) is 4.74 Å². The number of halogens is 6. The molecule has 1 aromatic heterocycles. The van der Waals surface area contributed by atoms with Gasteiger partial charge in [-0.25, -0.2) is 13.4 Å². The van der Waals surface area contributed by atoms with Crippen molar-refractivity contribution in [2.45, 2.75) is 34.8 Å². The third-order valence-electron chi connectivity index (χ3n) is 5.00. The summed E-state index contributed by atoms with van der Waals surface area (Å²) in [6, 6.07) is 5.37. The van der Waals surface area contributed by atoms with Crippen LogP contribution in [-0.2, 0) is 31.7 Å². The van der Waals surface area contributed by atoms with Crippen molar-refractivity contribution in [1.82, 2.24) is 4.98 Å². The number of hydrogen-bond acceptors (Lipinski definition) is 5. The van der Waals surface area contributed by atoms with Gasteiger partial charge in [0.1, 0.15) is 11.5 Å². The molecule has 1 saturated heterocycles. The van der Waals surface area contributed by atoms with Crippen LogP contribution in [0.1, 0.15) is 24.1 Å². The molecule has 2 heterocycles. The molecule has 0 aliphatic carbocycles. The van der Waals surface area contributed by atoms with E-state index in [-0.39, 0.29) is 26.1 Å². The Hall–Kier alpha value is -2.67. The number of hydrogen-bond donors (Lipinski definition) is 1. The van der Waals surface area contributed by atoms with Crippen molar-refractivity contribution in [3.05, 3.63) is 53.7 Å². The molecule has 6 nitrogen and oxygen atoms in total. The van der Waals surface area contributed by atoms with Crippen molar-refractivity contribution < 1.29 is 44.3 Å². The third-order valence-corrected chi connectivity index (χ3v) is 7.52. The summed E-state index contributed by atoms with van der Waals surface area (Å²) >= 11 is 0. The smallest absolute Gasteiger partial charge is 0.381 e. The number of alkyl halides is 6. The van der Waals surface area contributed by atoms with Gasteiger partial charge in [-0.3, -0.25) is 4.79 Å². The predicted molar refractivity (Wildman–Crippen MR) is 99.3 cm³/mol. The first kappa shape index (κ1) is 24.0. The lowest BCUT2D eigenvalue weighted by Gasteiger charge is -2.35. The highest BCUT2D eigenvalue weighted by Crippen LogP contribution is 2.38. The zero-order valence-corrected chi connectivity index (χ0v) is 16.9. The zero-order valence-electron chi connectivity index (χ0n) is 16.1. The maximum absolute atomic E-state index is 13.3. The summed E-state index contributed by atoms with van der Waals surface area (Å²) in [4.78, 5) is 15.8. The molecule has 32 heavy (non-hydrogen) atoms. The Morgan fingerprint density at radius 3 is 2.06 bits per heavy atom. The molecule has 0 unspecified atom stereocenters. The summed E-state index contributed by atoms with van der Waals surface area (Å²) < 4.78 is 107. The van der Waals surface area contributed by atoms with Gasteiger partial charge in [-0.05, 0) is 49.2 Å². The molecular weight excluding hydrogens is 466 g/mol. The van der Waals surface area contributed by atoms with E-state index >= 15 is 0 Å². The molecule has 2 aromatic rings. The van der Waals surface area contributed by atoms with E-state index in [1.54, 1.807) is 0 Å². The van der Waals surface area contributed by atoms with Gasteiger partial charge in [0, 0.05) is 13.2 Å². The van der Waals surface area contributed by atoms with E-state index in [1.165, 1.54) is 0 Å². The number of aromatic nitrogens is 1. The summed E-state index contributed by atoms with van der Waals surface area (Å²) in [6.07, 6.45) is -10.2. The maximum Gasteiger partial charge on any atom is 0.433 e. The lowest BCUT2D eigenvalue weighted by atomic mass is 9.98. The first-order chi connectivity index (χ1) is 14.8. The molecule has 13 heteroatoms. The van der Waals surface area contributed by atoms with Gasteiger partial charge >= 0.3 is 12.4 Å². The van der Waals surface area contributed by atoms with Crippen LogP contribution in [0.15, 0.2) is 47.4 Å². The Morgan fingerprint density at radius 2 is 1.53 bits per heavy atom. The molecule has 0 atom stereocenters. The minimum Gasteiger partial charge on any atom is -0.381 e. The number of pyridine rings is 1. The van der Waals surface area contributed by atoms with E-state index in [1.807, 2.05) is 0 Å². The Morgan fingerprint density at radius 1 is 0.938 bits per heavy atom. The van der Waals surface area contributed by atoms with Crippen LogP contribution < -0.4 is 5.32 Å². The number of rotatable bonds is 4. The van der Waals surface area contributed by atoms with E-state index in [0.717, 1.165) is 24.3 Å². The molecule has 1 N–H and O–H groups in total. The molecule has 3 rings (SSSR count). The molecule has 1 fully saturated rings. The number of sulfone groups is 1. The third kappa shape index (κ3) is 4.58. The van der Waals surface area contributed by atoms with Crippen LogP contribution in [0.25, 0.3) is 0 Å². The first-order valence-electron chi connectivity index (χ1n) is 9.13. The highest BCUT2D eigenvalue weighted by molar-refractivity contribution is 7.93. The van der Waals surface area contributed by atoms with E-state index in [9.17, 15) is 39.6 Å². The van der Waals surface area contributed by atoms with Crippen LogP contribution in [0.2, 0.25) is 0 Å². The van der Waals surface area contributed by atoms with Crippen LogP contribution in [0, 0.1) is 0 Å². The fraction of sp³-hybridized carbons (Fsp3) is 0.368. The molecule has 0 saturated carbocycles. The van der Waals surface area contributed by atoms with Gasteiger partial charge in [0.2, 0.25) is 5.91 Å². The second kappa shape index (κ2) is 8.35. The average molecular weight is 482 g/mol. The number of benzene rings is 1. The van der Waals surface area contributed by atoms with Crippen LogP contribution >= 0.6 is 0 Å². The number of carbonyl (C=O) groups is 1. The summed E-state index contributed by atoms with van der Waals surface area (Å²) in [6.45, 7) is -0.299. The summed E-state index contributed by atoms with van der Waals surface area (Å²) in [5.41, 5.74) is -2.36. The molecule has 0 bridgehead atoms. The molecule has 174 valence electrons. The fourth-order valence-corrected chi connectivity index (χ4v) is 5.20. The first-order valence-corrected chi connectivity index (χ1v) is 10.6. The van der Waals surface area contributed by atoms with Crippen molar-refractivity contribution >= 4 is 21.6 Å². The number of amides is 1. The zero-order chi connectivity index (χ0) is 23.8. The topological polar surface area (TPSA) is 85.4 Å². The summed E-state index contributed by atoms with van der Waals surface area (Å²) in [5.74, 6) is -1.66. The van der Waals surface area contributed by atoms with Crippen LogP contribution in [0.3, 0.4) is 0 Å². The quantitative estimate of drug-likeness (QED) is 0.664. The second-order valence-electron chi connectivity index (χ2n) is 6.99. The van der Waals surface area contributed by atoms with Gasteiger partial charge in [-0.1, -0.05) is 6.07 Å². The predicted octanol–water partition coefficient (Wildman–Crippen LogP) is 4.08. The Labute approximate surface area is 178 Å². The lowest BCUT2D eigenvalue weighted by molar-refractivity contribution is -0.141. The molecule has 1 amide bonds. The number of nitrogens with one attached hydrogen (secondary N) is 1. The molecule has 1 aliphatic heterocycles. The van der Waals surface area contributed by atoms with Crippen molar-refractivity contribution in [3.63, 3.8) is 0 Å². The molecule has 1 aromatic carbocycles. The molecule has 0 spiro atoms. The van der Waals surface area contributed by atoms with Crippen molar-refractivity contribution in [1.29, 1.82) is 0 Å². The highest BCUT2D eigenvalue weighted by Gasteiger charge is 2.52. The standard InChI is InChI=1S/C19H16F6N2O4S/c20-18(21,22)12-4-6-13(7-5-12)32(29,30)17(8-10-31-11-9-17)16(28)27-15-3-1-2-14(26-15)19(23,24)25/h1-7H,8-11H2,(H,26,27,28). The Kier molecular flexibility index (Phi) is 6.26. The molecule has 0 radical (unpaired) electrons. The lowest BCUT2D eigenvalue weighted by Crippen LogP contribution is -2.53. The van der Waals surface area contributed by atoms with Gasteiger partial charge in [0.05, 0.1) is 10.5 Å². The van der Waals surface area contributed by atoms with Crippen molar-refractivity contribution in [2.75, 3.05) is 18.5 Å². The number of nitrogens with zero attached hydrogens (tertiary/aromatic N) is 1. The largest absolute Gasteiger partial charge is 0.433 e. The van der Waals surface area contributed by atoms with Gasteiger partial charge in [-0.2, -0.15) is 26.3 Å². The highest BCUT2D eigenvalue weighted by atomic mass is 32.2. The Bertz CT molecular complexity index is 1090. The molecule has 1 aliphatic rings. The monoisotopic (exact) mass is 482 g/mol. The molecular formula is C19H16F6N2O4S. The van der Waals surface area contributed by atoms with Crippen molar-refractivity contribution in [2.24, 2.45) is 0 Å². The van der Waals surface area contributed by atoms with Crippen LogP contribution in [-0.4, -0.2) is 37.3 Å². The second-order valence-corrected chi connectivity index (χ2v) is 9.25. The van der Waals surface area contributed by atoms with Crippen LogP contribution in [0.5, 0.6) is 0 Å². The van der Waals surface area contributed by atoms with Gasteiger partial charge in [0.15, 0.2) is 14.6 Å². The van der Waals surface area contributed by atoms with E-state index < -0.39 is 54.8 Å². The fourth-order valence-electron chi connectivity index (χ4n) is 3.26. The van der Waals surface area contributed by atoms with E-state index in [0.29, 0.717) is 18.2 Å². The van der Waals surface area contributed by atoms with Gasteiger partial charge in [-0.15, -0.1) is 0 Å². The minimum atomic E-state index is -4.79. The average Bonchev–Trinajstić information content (AvgIpc) is 2.73. The normalized spacial score (nSPS) is 17.1. The maximum atomic E-state index is 13.3. The summed E-state index contributed by atoms with van der Waals surface area (Å²) in [5, 5.41) is 2.11. The number of ether oxygens (including phenoxy) is 1. The van der Waals surface area contributed by atoms with Gasteiger partial charge in [0.25, 0.3) is 0 Å². The van der Waals surface area contributed by atoms with E-state index in [2.05, 4.69) is 10.3 Å². The summed E-state index contributed by atoms with van der Waals surface area (Å²) in [7, 11) is -4.55. The minimum absolute atomic E-state index is 0.149. The van der Waals surface area contributed by atoms with Crippen LogP contribution in [0.4, 0.5) is 32.2 Å². The SMILES string of the molecule is O=C(Nc1cccc(C(F)(F)F)n1)C1(S(=O)(=O)c2ccc(C(F)(F)F)cc2)CCOCC1. The Balaban J connectivity index is 1.98.